The van der Waals surface area contributed by atoms with Gasteiger partial charge in [-0.25, -0.2) is 9.97 Å². The van der Waals surface area contributed by atoms with Gasteiger partial charge in [0.05, 0.1) is 27.6 Å². The van der Waals surface area contributed by atoms with Gasteiger partial charge >= 0.3 is 0 Å². The van der Waals surface area contributed by atoms with Crippen LogP contribution in [0.4, 0.5) is 5.69 Å². The number of thiophene rings is 1. The van der Waals surface area contributed by atoms with E-state index in [2.05, 4.69) is 4.98 Å². The lowest BCUT2D eigenvalue weighted by Gasteiger charge is -2.07. The number of nitrogens with zero attached hydrogens (tertiary/aromatic N) is 3. The van der Waals surface area contributed by atoms with E-state index in [9.17, 15) is 0 Å². The highest BCUT2D eigenvalue weighted by molar-refractivity contribution is 8.01. The fourth-order valence-corrected chi connectivity index (χ4v) is 5.00. The molecule has 136 valence electrons. The molecule has 5 nitrogen and oxygen atoms in total. The Hall–Kier alpha value is -2.48. The molecule has 1 aromatic carbocycles. The molecule has 7 heteroatoms. The molecule has 0 bridgehead atoms. The monoisotopic (exact) mass is 394 g/mol. The largest absolute Gasteiger partial charge is 0.397 e. The molecule has 2 N–H and O–H groups in total. The van der Waals surface area contributed by atoms with E-state index in [0.717, 1.165) is 42.7 Å². The predicted molar refractivity (Wildman–Crippen MR) is 113 cm³/mol. The number of rotatable bonds is 6. The predicted octanol–water partition coefficient (Wildman–Crippen LogP) is 4.74. The van der Waals surface area contributed by atoms with Crippen LogP contribution in [0.5, 0.6) is 0 Å². The summed E-state index contributed by atoms with van der Waals surface area (Å²) < 4.78 is 6.21. The van der Waals surface area contributed by atoms with Crippen LogP contribution in [0.1, 0.15) is 0 Å². The number of nitrogen functional groups attached to an aromatic ring is 1. The van der Waals surface area contributed by atoms with Crippen molar-refractivity contribution in [3.63, 3.8) is 0 Å². The maximum Gasteiger partial charge on any atom is 0.162 e. The van der Waals surface area contributed by atoms with Gasteiger partial charge < -0.3 is 10.5 Å². The van der Waals surface area contributed by atoms with E-state index in [1.165, 1.54) is 0 Å². The average Bonchev–Trinajstić information content (AvgIpc) is 3.04. The molecule has 0 amide bonds. The highest BCUT2D eigenvalue weighted by atomic mass is 32.2. The number of hydrogen-bond acceptors (Lipinski definition) is 7. The Morgan fingerprint density at radius 3 is 2.63 bits per heavy atom. The lowest BCUT2D eigenvalue weighted by atomic mass is 10.1. The first-order valence-electron chi connectivity index (χ1n) is 8.45. The van der Waals surface area contributed by atoms with Crippen molar-refractivity contribution in [2.45, 2.75) is 4.21 Å². The second-order valence-corrected chi connectivity index (χ2v) is 8.19. The van der Waals surface area contributed by atoms with Crippen molar-refractivity contribution in [3.05, 3.63) is 54.9 Å². The zero-order valence-corrected chi connectivity index (χ0v) is 16.4. The van der Waals surface area contributed by atoms with Crippen LogP contribution in [0.15, 0.2) is 59.1 Å². The van der Waals surface area contributed by atoms with Crippen LogP contribution in [0.3, 0.4) is 0 Å². The van der Waals surface area contributed by atoms with E-state index in [4.69, 9.17) is 20.4 Å². The summed E-state index contributed by atoms with van der Waals surface area (Å²) >= 11 is 3.29. The minimum absolute atomic E-state index is 0.657. The summed E-state index contributed by atoms with van der Waals surface area (Å²) in [7, 11) is 1.70. The molecule has 0 saturated carbocycles. The van der Waals surface area contributed by atoms with Gasteiger partial charge in [-0.3, -0.25) is 4.98 Å². The molecule has 0 saturated heterocycles. The van der Waals surface area contributed by atoms with Gasteiger partial charge in [-0.1, -0.05) is 30.3 Å². The number of ether oxygens (including phenoxy) is 1. The molecule has 3 aromatic heterocycles. The number of thioether (sulfide) groups is 1. The van der Waals surface area contributed by atoms with E-state index in [0.29, 0.717) is 12.4 Å². The Morgan fingerprint density at radius 2 is 1.89 bits per heavy atom. The molecule has 0 radical (unpaired) electrons. The number of nitrogens with two attached hydrogens (primary N) is 1. The van der Waals surface area contributed by atoms with Gasteiger partial charge in [-0.05, 0) is 12.1 Å². The molecule has 0 atom stereocenters. The van der Waals surface area contributed by atoms with Crippen molar-refractivity contribution in [3.8, 4) is 22.6 Å². The van der Waals surface area contributed by atoms with Crippen LogP contribution in [-0.4, -0.2) is 34.4 Å². The number of hydrogen-bond donors (Lipinski definition) is 1. The fraction of sp³-hybridized carbons (Fsp3) is 0.150. The maximum atomic E-state index is 6.50. The minimum Gasteiger partial charge on any atom is -0.397 e. The summed E-state index contributed by atoms with van der Waals surface area (Å²) in [6.45, 7) is 0.677. The third-order valence-corrected chi connectivity index (χ3v) is 6.39. The maximum absolute atomic E-state index is 6.50. The number of pyridine rings is 1. The van der Waals surface area contributed by atoms with E-state index in [1.807, 2.05) is 42.5 Å². The second-order valence-electron chi connectivity index (χ2n) is 5.83. The van der Waals surface area contributed by atoms with Gasteiger partial charge in [0.1, 0.15) is 4.83 Å². The summed E-state index contributed by atoms with van der Waals surface area (Å²) in [5, 5.41) is 0.916. The molecule has 4 aromatic rings. The summed E-state index contributed by atoms with van der Waals surface area (Å²) in [5.41, 5.74) is 10.0. The molecule has 0 unspecified atom stereocenters. The number of anilines is 1. The lowest BCUT2D eigenvalue weighted by Crippen LogP contribution is -1.96. The molecule has 0 aliphatic rings. The van der Waals surface area contributed by atoms with Crippen LogP contribution in [0.25, 0.3) is 32.9 Å². The molecule has 0 aliphatic carbocycles. The van der Waals surface area contributed by atoms with Crippen molar-refractivity contribution in [2.75, 3.05) is 25.2 Å². The summed E-state index contributed by atoms with van der Waals surface area (Å²) in [5.74, 6) is 1.50. The van der Waals surface area contributed by atoms with Crippen molar-refractivity contribution >= 4 is 39.0 Å². The molecule has 0 fully saturated rings. The van der Waals surface area contributed by atoms with Crippen molar-refractivity contribution in [2.24, 2.45) is 0 Å². The molecular weight excluding hydrogens is 376 g/mol. The first kappa shape index (κ1) is 17.9. The van der Waals surface area contributed by atoms with Gasteiger partial charge in [0.2, 0.25) is 0 Å². The SMILES string of the molecule is COCCSc1sc2nc(-c3cccnc3)nc(-c3ccccc3)c2c1N. The fourth-order valence-electron chi connectivity index (χ4n) is 2.76. The Morgan fingerprint density at radius 1 is 1.07 bits per heavy atom. The summed E-state index contributed by atoms with van der Waals surface area (Å²) in [6, 6.07) is 13.9. The van der Waals surface area contributed by atoms with E-state index in [-0.39, 0.29) is 0 Å². The molecular formula is C20H18N4OS2. The Bertz CT molecular complexity index is 1050. The number of methoxy groups -OCH3 is 1. The van der Waals surface area contributed by atoms with Crippen LogP contribution in [0.2, 0.25) is 0 Å². The highest BCUT2D eigenvalue weighted by Crippen LogP contribution is 2.43. The molecule has 0 spiro atoms. The van der Waals surface area contributed by atoms with E-state index < -0.39 is 0 Å². The summed E-state index contributed by atoms with van der Waals surface area (Å²) in [6.07, 6.45) is 3.52. The lowest BCUT2D eigenvalue weighted by molar-refractivity contribution is 0.218. The molecule has 3 heterocycles. The summed E-state index contributed by atoms with van der Waals surface area (Å²) in [4.78, 5) is 14.7. The van der Waals surface area contributed by atoms with Crippen molar-refractivity contribution in [1.29, 1.82) is 0 Å². The van der Waals surface area contributed by atoms with Gasteiger partial charge in [0, 0.05) is 36.4 Å². The van der Waals surface area contributed by atoms with E-state index in [1.54, 1.807) is 42.6 Å². The number of fused-ring (bicyclic) bond motifs is 1. The van der Waals surface area contributed by atoms with Crippen LogP contribution in [0, 0.1) is 0 Å². The molecule has 4 rings (SSSR count). The zero-order valence-electron chi connectivity index (χ0n) is 14.8. The highest BCUT2D eigenvalue weighted by Gasteiger charge is 2.19. The minimum atomic E-state index is 0.657. The third-order valence-electron chi connectivity index (χ3n) is 4.04. The quantitative estimate of drug-likeness (QED) is 0.376. The van der Waals surface area contributed by atoms with Crippen LogP contribution >= 0.6 is 23.1 Å². The average molecular weight is 395 g/mol. The third kappa shape index (κ3) is 3.66. The van der Waals surface area contributed by atoms with E-state index >= 15 is 0 Å². The Labute approximate surface area is 165 Å². The second kappa shape index (κ2) is 8.04. The number of aromatic nitrogens is 3. The van der Waals surface area contributed by atoms with Crippen molar-refractivity contribution in [1.82, 2.24) is 15.0 Å². The Kier molecular flexibility index (Phi) is 5.33. The smallest absolute Gasteiger partial charge is 0.162 e. The van der Waals surface area contributed by atoms with Gasteiger partial charge in [-0.15, -0.1) is 23.1 Å². The van der Waals surface area contributed by atoms with Gasteiger partial charge in [0.15, 0.2) is 5.82 Å². The number of benzene rings is 1. The zero-order chi connectivity index (χ0) is 18.6. The molecule has 0 aliphatic heterocycles. The Balaban J connectivity index is 1.91. The first-order valence-corrected chi connectivity index (χ1v) is 10.3. The topological polar surface area (TPSA) is 73.9 Å². The van der Waals surface area contributed by atoms with Gasteiger partial charge in [-0.2, -0.15) is 0 Å². The van der Waals surface area contributed by atoms with Crippen LogP contribution < -0.4 is 5.73 Å². The van der Waals surface area contributed by atoms with Crippen molar-refractivity contribution < 1.29 is 4.74 Å². The standard InChI is InChI=1S/C20H18N4OS2/c1-25-10-11-26-20-16(21)15-17(13-6-3-2-4-7-13)23-18(24-19(15)27-20)14-8-5-9-22-12-14/h2-9,12H,10-11,21H2,1H3. The van der Waals surface area contributed by atoms with Crippen LogP contribution in [-0.2, 0) is 4.74 Å². The first-order chi connectivity index (χ1) is 13.3. The normalized spacial score (nSPS) is 11.1. The van der Waals surface area contributed by atoms with Gasteiger partial charge in [0.25, 0.3) is 0 Å². The molecule has 27 heavy (non-hydrogen) atoms.